The van der Waals surface area contributed by atoms with Crippen LogP contribution >= 0.6 is 0 Å². The number of aryl methyl sites for hydroxylation is 1. The molecular formula is C15H22N6O. The van der Waals surface area contributed by atoms with Gasteiger partial charge in [0.2, 0.25) is 11.8 Å². The first-order valence-corrected chi connectivity index (χ1v) is 8.18. The standard InChI is InChI=1S/C15H22N6O/c1-9(2)14-17-12-6-5-11(8-21(12)20-14)16-7-13-18-19-15(22-13)10-3-4-10/h9-11,16H,3-8H2,1-2H3/t11-/m0/s1. The summed E-state index contributed by atoms with van der Waals surface area (Å²) in [5, 5.41) is 16.3. The van der Waals surface area contributed by atoms with Gasteiger partial charge in [0.1, 0.15) is 5.82 Å². The summed E-state index contributed by atoms with van der Waals surface area (Å²) in [6, 6.07) is 0.380. The molecule has 1 N–H and O–H groups in total. The van der Waals surface area contributed by atoms with Crippen LogP contribution in [0, 0.1) is 0 Å². The predicted octanol–water partition coefficient (Wildman–Crippen LogP) is 1.77. The van der Waals surface area contributed by atoms with Crippen LogP contribution in [0.15, 0.2) is 4.42 Å². The first-order chi connectivity index (χ1) is 10.7. The van der Waals surface area contributed by atoms with Crippen LogP contribution in [0.1, 0.15) is 68.4 Å². The van der Waals surface area contributed by atoms with Crippen molar-refractivity contribution in [1.29, 1.82) is 0 Å². The third-order valence-electron chi connectivity index (χ3n) is 4.34. The molecule has 2 aromatic heterocycles. The van der Waals surface area contributed by atoms with Crippen molar-refractivity contribution in [3.05, 3.63) is 23.4 Å². The maximum absolute atomic E-state index is 5.68. The molecule has 1 aliphatic heterocycles. The Morgan fingerprint density at radius 1 is 1.27 bits per heavy atom. The minimum absolute atomic E-state index is 0.378. The van der Waals surface area contributed by atoms with Crippen molar-refractivity contribution < 1.29 is 4.42 Å². The Morgan fingerprint density at radius 3 is 2.91 bits per heavy atom. The fraction of sp³-hybridized carbons (Fsp3) is 0.733. The van der Waals surface area contributed by atoms with Crippen LogP contribution in [0.4, 0.5) is 0 Å². The van der Waals surface area contributed by atoms with Gasteiger partial charge in [0.25, 0.3) is 0 Å². The second-order valence-electron chi connectivity index (χ2n) is 6.65. The molecule has 4 rings (SSSR count). The lowest BCUT2D eigenvalue weighted by atomic mass is 10.1. The Balaban J connectivity index is 1.35. The second-order valence-corrected chi connectivity index (χ2v) is 6.65. The Bertz CT molecular complexity index is 657. The van der Waals surface area contributed by atoms with E-state index >= 15 is 0 Å². The smallest absolute Gasteiger partial charge is 0.230 e. The summed E-state index contributed by atoms with van der Waals surface area (Å²) in [6.07, 6.45) is 4.41. The highest BCUT2D eigenvalue weighted by Gasteiger charge is 2.29. The number of fused-ring (bicyclic) bond motifs is 1. The quantitative estimate of drug-likeness (QED) is 0.906. The highest BCUT2D eigenvalue weighted by Crippen LogP contribution is 2.38. The molecule has 0 spiro atoms. The van der Waals surface area contributed by atoms with E-state index in [0.29, 0.717) is 30.3 Å². The molecule has 2 aromatic rings. The number of hydrogen-bond donors (Lipinski definition) is 1. The van der Waals surface area contributed by atoms with Crippen LogP contribution in [0.25, 0.3) is 0 Å². The van der Waals surface area contributed by atoms with Gasteiger partial charge in [0.15, 0.2) is 5.82 Å². The number of hydrogen-bond acceptors (Lipinski definition) is 6. The zero-order valence-corrected chi connectivity index (χ0v) is 13.1. The fourth-order valence-electron chi connectivity index (χ4n) is 2.80. The van der Waals surface area contributed by atoms with E-state index in [9.17, 15) is 0 Å². The van der Waals surface area contributed by atoms with Crippen molar-refractivity contribution in [3.8, 4) is 0 Å². The minimum atomic E-state index is 0.378. The highest BCUT2D eigenvalue weighted by molar-refractivity contribution is 5.02. The van der Waals surface area contributed by atoms with Crippen LogP contribution in [-0.4, -0.2) is 31.0 Å². The minimum Gasteiger partial charge on any atom is -0.424 e. The number of nitrogens with one attached hydrogen (secondary N) is 1. The second kappa shape index (κ2) is 5.46. The molecule has 22 heavy (non-hydrogen) atoms. The zero-order chi connectivity index (χ0) is 15.1. The van der Waals surface area contributed by atoms with Crippen LogP contribution in [-0.2, 0) is 19.5 Å². The zero-order valence-electron chi connectivity index (χ0n) is 13.1. The van der Waals surface area contributed by atoms with E-state index in [0.717, 1.165) is 36.9 Å². The number of nitrogens with zero attached hydrogens (tertiary/aromatic N) is 5. The van der Waals surface area contributed by atoms with E-state index in [-0.39, 0.29) is 0 Å². The van der Waals surface area contributed by atoms with Crippen molar-refractivity contribution in [2.75, 3.05) is 0 Å². The predicted molar refractivity (Wildman–Crippen MR) is 79.3 cm³/mol. The Kier molecular flexibility index (Phi) is 3.44. The summed E-state index contributed by atoms with van der Waals surface area (Å²) in [5.41, 5.74) is 0. The molecule has 0 unspecified atom stereocenters. The molecule has 0 aromatic carbocycles. The molecule has 0 radical (unpaired) electrons. The van der Waals surface area contributed by atoms with Gasteiger partial charge in [-0.2, -0.15) is 5.10 Å². The van der Waals surface area contributed by atoms with Crippen molar-refractivity contribution in [3.63, 3.8) is 0 Å². The van der Waals surface area contributed by atoms with Crippen molar-refractivity contribution in [2.45, 2.75) is 70.5 Å². The van der Waals surface area contributed by atoms with Gasteiger partial charge in [0.05, 0.1) is 13.1 Å². The van der Waals surface area contributed by atoms with Gasteiger partial charge in [-0.15, -0.1) is 10.2 Å². The van der Waals surface area contributed by atoms with Crippen LogP contribution < -0.4 is 5.32 Å². The van der Waals surface area contributed by atoms with Gasteiger partial charge in [-0.05, 0) is 19.3 Å². The third kappa shape index (κ3) is 2.77. The van der Waals surface area contributed by atoms with E-state index in [1.54, 1.807) is 0 Å². The molecule has 7 nitrogen and oxygen atoms in total. The number of rotatable bonds is 5. The topological polar surface area (TPSA) is 81.7 Å². The summed E-state index contributed by atoms with van der Waals surface area (Å²) < 4.78 is 7.73. The molecule has 2 aliphatic rings. The SMILES string of the molecule is CC(C)c1nc2n(n1)C[C@@H](NCc1nnc(C3CC3)o1)CC2. The van der Waals surface area contributed by atoms with Crippen molar-refractivity contribution >= 4 is 0 Å². The van der Waals surface area contributed by atoms with Crippen LogP contribution in [0.5, 0.6) is 0 Å². The summed E-state index contributed by atoms with van der Waals surface area (Å²) in [7, 11) is 0. The molecule has 7 heteroatoms. The van der Waals surface area contributed by atoms with Gasteiger partial charge in [0, 0.05) is 24.3 Å². The summed E-state index contributed by atoms with van der Waals surface area (Å²) in [4.78, 5) is 4.62. The first kappa shape index (κ1) is 13.9. The molecule has 118 valence electrons. The normalized spacial score (nSPS) is 21.3. The molecule has 1 fully saturated rings. The molecule has 0 amide bonds. The fourth-order valence-corrected chi connectivity index (χ4v) is 2.80. The monoisotopic (exact) mass is 302 g/mol. The van der Waals surface area contributed by atoms with Gasteiger partial charge in [-0.1, -0.05) is 13.8 Å². The van der Waals surface area contributed by atoms with Gasteiger partial charge in [-0.25, -0.2) is 9.67 Å². The van der Waals surface area contributed by atoms with Gasteiger partial charge in [-0.3, -0.25) is 0 Å². The highest BCUT2D eigenvalue weighted by atomic mass is 16.4. The van der Waals surface area contributed by atoms with Crippen LogP contribution in [0.2, 0.25) is 0 Å². The molecule has 3 heterocycles. The van der Waals surface area contributed by atoms with Crippen molar-refractivity contribution in [1.82, 2.24) is 30.3 Å². The Hall–Kier alpha value is -1.76. The van der Waals surface area contributed by atoms with E-state index in [1.165, 1.54) is 12.8 Å². The average Bonchev–Trinajstić information content (AvgIpc) is 3.10. The average molecular weight is 302 g/mol. The molecule has 1 saturated carbocycles. The molecule has 1 atom stereocenters. The van der Waals surface area contributed by atoms with E-state index in [4.69, 9.17) is 4.42 Å². The lowest BCUT2D eigenvalue weighted by Gasteiger charge is -2.22. The molecule has 0 saturated heterocycles. The molecule has 1 aliphatic carbocycles. The Labute approximate surface area is 129 Å². The van der Waals surface area contributed by atoms with Gasteiger partial charge >= 0.3 is 0 Å². The molecule has 0 bridgehead atoms. The van der Waals surface area contributed by atoms with E-state index in [2.05, 4.69) is 39.4 Å². The maximum Gasteiger partial charge on any atom is 0.230 e. The van der Waals surface area contributed by atoms with E-state index in [1.807, 2.05) is 4.68 Å². The van der Waals surface area contributed by atoms with Crippen molar-refractivity contribution in [2.24, 2.45) is 0 Å². The van der Waals surface area contributed by atoms with E-state index < -0.39 is 0 Å². The third-order valence-corrected chi connectivity index (χ3v) is 4.34. The largest absolute Gasteiger partial charge is 0.424 e. The van der Waals surface area contributed by atoms with Gasteiger partial charge < -0.3 is 9.73 Å². The molecular weight excluding hydrogens is 280 g/mol. The Morgan fingerprint density at radius 2 is 2.14 bits per heavy atom. The summed E-state index contributed by atoms with van der Waals surface area (Å²) in [6.45, 7) is 5.75. The first-order valence-electron chi connectivity index (χ1n) is 8.18. The summed E-state index contributed by atoms with van der Waals surface area (Å²) >= 11 is 0. The maximum atomic E-state index is 5.68. The lowest BCUT2D eigenvalue weighted by Crippen LogP contribution is -2.37. The lowest BCUT2D eigenvalue weighted by molar-refractivity contribution is 0.337. The summed E-state index contributed by atoms with van der Waals surface area (Å²) in [5.74, 6) is 4.44. The van der Waals surface area contributed by atoms with Crippen LogP contribution in [0.3, 0.4) is 0 Å². The number of aromatic nitrogens is 5.